The molecule has 4 heteroatoms. The van der Waals surface area contributed by atoms with Gasteiger partial charge < -0.3 is 9.72 Å². The third kappa shape index (κ3) is 2.24. The molecule has 0 atom stereocenters. The Morgan fingerprint density at radius 2 is 1.54 bits per heavy atom. The minimum atomic E-state index is -0.454. The first-order valence-corrected chi connectivity index (χ1v) is 9.26. The van der Waals surface area contributed by atoms with Gasteiger partial charge in [0.05, 0.1) is 17.9 Å². The smallest absolute Gasteiger partial charge is 0.355 e. The van der Waals surface area contributed by atoms with Crippen molar-refractivity contribution in [1.82, 2.24) is 4.98 Å². The van der Waals surface area contributed by atoms with Crippen LogP contribution in [0.5, 0.6) is 0 Å². The van der Waals surface area contributed by atoms with Crippen LogP contribution >= 0.6 is 0 Å². The number of fused-ring (bicyclic) bond motifs is 4. The number of aromatic nitrogens is 1. The number of rotatable bonds is 3. The zero-order valence-corrected chi connectivity index (χ0v) is 15.3. The second kappa shape index (κ2) is 6.20. The van der Waals surface area contributed by atoms with E-state index in [1.807, 2.05) is 66.7 Å². The molecule has 5 rings (SSSR count). The number of ether oxygens (including phenoxy) is 1. The Morgan fingerprint density at radius 1 is 0.857 bits per heavy atom. The molecule has 0 spiro atoms. The summed E-state index contributed by atoms with van der Waals surface area (Å²) in [5.41, 5.74) is 4.49. The number of H-pyrrole nitrogens is 1. The van der Waals surface area contributed by atoms with E-state index in [4.69, 9.17) is 4.74 Å². The Bertz CT molecular complexity index is 1260. The summed E-state index contributed by atoms with van der Waals surface area (Å²) in [5, 5.41) is 2.04. The van der Waals surface area contributed by atoms with Crippen molar-refractivity contribution in [2.24, 2.45) is 0 Å². The predicted molar refractivity (Wildman–Crippen MR) is 109 cm³/mol. The molecule has 136 valence electrons. The van der Waals surface area contributed by atoms with Crippen LogP contribution in [-0.2, 0) is 4.74 Å². The maximum absolute atomic E-state index is 13.2. The van der Waals surface area contributed by atoms with Crippen LogP contribution in [-0.4, -0.2) is 23.3 Å². The molecule has 0 saturated heterocycles. The molecule has 1 aliphatic carbocycles. The van der Waals surface area contributed by atoms with Crippen molar-refractivity contribution in [3.8, 4) is 22.4 Å². The monoisotopic (exact) mass is 367 g/mol. The predicted octanol–water partition coefficient (Wildman–Crippen LogP) is 5.22. The van der Waals surface area contributed by atoms with Crippen molar-refractivity contribution >= 4 is 22.5 Å². The van der Waals surface area contributed by atoms with Crippen LogP contribution in [0.3, 0.4) is 0 Å². The lowest BCUT2D eigenvalue weighted by Gasteiger charge is -2.10. The Morgan fingerprint density at radius 3 is 2.36 bits per heavy atom. The highest BCUT2D eigenvalue weighted by Crippen LogP contribution is 2.45. The highest BCUT2D eigenvalue weighted by atomic mass is 16.5. The third-order valence-electron chi connectivity index (χ3n) is 5.21. The average Bonchev–Trinajstić information content (AvgIpc) is 3.24. The van der Waals surface area contributed by atoms with Gasteiger partial charge in [-0.1, -0.05) is 66.7 Å². The number of hydrogen-bond acceptors (Lipinski definition) is 3. The van der Waals surface area contributed by atoms with Gasteiger partial charge in [0.25, 0.3) is 0 Å². The molecule has 0 saturated carbocycles. The molecular formula is C24H17NO3. The Labute approximate surface area is 161 Å². The normalized spacial score (nSPS) is 12.1. The molecule has 0 aliphatic heterocycles. The van der Waals surface area contributed by atoms with E-state index >= 15 is 0 Å². The van der Waals surface area contributed by atoms with E-state index in [-0.39, 0.29) is 12.4 Å². The van der Waals surface area contributed by atoms with Gasteiger partial charge in [0.1, 0.15) is 5.69 Å². The molecule has 1 aliphatic rings. The van der Waals surface area contributed by atoms with Gasteiger partial charge in [-0.15, -0.1) is 0 Å². The first-order chi connectivity index (χ1) is 13.7. The van der Waals surface area contributed by atoms with Crippen LogP contribution in [0.2, 0.25) is 0 Å². The fourth-order valence-corrected chi connectivity index (χ4v) is 4.03. The van der Waals surface area contributed by atoms with Crippen molar-refractivity contribution in [3.63, 3.8) is 0 Å². The number of aromatic amines is 1. The molecule has 0 unspecified atom stereocenters. The molecule has 4 nitrogen and oxygen atoms in total. The second-order valence-electron chi connectivity index (χ2n) is 6.75. The van der Waals surface area contributed by atoms with E-state index in [1.54, 1.807) is 6.92 Å². The number of esters is 1. The quantitative estimate of drug-likeness (QED) is 0.445. The zero-order chi connectivity index (χ0) is 19.3. The Balaban J connectivity index is 1.86. The van der Waals surface area contributed by atoms with E-state index in [2.05, 4.69) is 4.98 Å². The second-order valence-corrected chi connectivity index (χ2v) is 6.75. The first kappa shape index (κ1) is 16.5. The van der Waals surface area contributed by atoms with E-state index in [0.717, 1.165) is 21.9 Å². The third-order valence-corrected chi connectivity index (χ3v) is 5.21. The highest BCUT2D eigenvalue weighted by molar-refractivity contribution is 6.27. The molecule has 0 bridgehead atoms. The summed E-state index contributed by atoms with van der Waals surface area (Å²) in [6.45, 7) is 2.04. The molecule has 28 heavy (non-hydrogen) atoms. The van der Waals surface area contributed by atoms with Crippen molar-refractivity contribution < 1.29 is 14.3 Å². The van der Waals surface area contributed by atoms with Gasteiger partial charge in [0.15, 0.2) is 5.78 Å². The summed E-state index contributed by atoms with van der Waals surface area (Å²) in [6.07, 6.45) is 0. The van der Waals surface area contributed by atoms with E-state index < -0.39 is 5.97 Å². The molecule has 0 radical (unpaired) electrons. The van der Waals surface area contributed by atoms with E-state index in [0.29, 0.717) is 28.1 Å². The first-order valence-electron chi connectivity index (χ1n) is 9.26. The summed E-state index contributed by atoms with van der Waals surface area (Å²) in [5.74, 6) is -0.523. The molecule has 3 aromatic carbocycles. The minimum absolute atomic E-state index is 0.0691. The maximum Gasteiger partial charge on any atom is 0.355 e. The van der Waals surface area contributed by atoms with Gasteiger partial charge in [-0.3, -0.25) is 4.79 Å². The summed E-state index contributed by atoms with van der Waals surface area (Å²) < 4.78 is 5.28. The number of hydrogen-bond donors (Lipinski definition) is 1. The van der Waals surface area contributed by atoms with Crippen LogP contribution in [0.4, 0.5) is 0 Å². The molecular weight excluding hydrogens is 350 g/mol. The van der Waals surface area contributed by atoms with Gasteiger partial charge >= 0.3 is 5.97 Å². The summed E-state index contributed by atoms with van der Waals surface area (Å²) in [7, 11) is 0. The fourth-order valence-electron chi connectivity index (χ4n) is 4.03. The SMILES string of the molecule is CCOC(=O)c1[nH]c2c(c1-c1cccc3ccccc13)C(=O)c1ccccc1-2. The van der Waals surface area contributed by atoms with Gasteiger partial charge in [-0.05, 0) is 23.3 Å². The molecule has 0 amide bonds. The Hall–Kier alpha value is -3.66. The number of carbonyl (C=O) groups excluding carboxylic acids is 2. The van der Waals surface area contributed by atoms with E-state index in [9.17, 15) is 9.59 Å². The van der Waals surface area contributed by atoms with Crippen molar-refractivity contribution in [2.45, 2.75) is 6.92 Å². The average molecular weight is 367 g/mol. The summed E-state index contributed by atoms with van der Waals surface area (Å²) in [6, 6.07) is 21.3. The largest absolute Gasteiger partial charge is 0.461 e. The fraction of sp³-hybridized carbons (Fsp3) is 0.0833. The molecule has 0 fully saturated rings. The van der Waals surface area contributed by atoms with Gasteiger partial charge in [0.2, 0.25) is 0 Å². The summed E-state index contributed by atoms with van der Waals surface area (Å²) >= 11 is 0. The topological polar surface area (TPSA) is 59.2 Å². The lowest BCUT2D eigenvalue weighted by molar-refractivity contribution is 0.0521. The van der Waals surface area contributed by atoms with Crippen molar-refractivity contribution in [3.05, 3.63) is 83.6 Å². The minimum Gasteiger partial charge on any atom is -0.461 e. The standard InChI is InChI=1S/C24H17NO3/c1-2-28-24(27)22-19(16-13-7-9-14-8-3-4-10-15(14)16)20-21(25-22)17-11-5-6-12-18(17)23(20)26/h3-13,25H,2H2,1H3. The summed E-state index contributed by atoms with van der Waals surface area (Å²) in [4.78, 5) is 29.2. The lowest BCUT2D eigenvalue weighted by atomic mass is 9.94. The highest BCUT2D eigenvalue weighted by Gasteiger charge is 2.36. The maximum atomic E-state index is 13.2. The van der Waals surface area contributed by atoms with Crippen molar-refractivity contribution in [2.75, 3.05) is 6.61 Å². The van der Waals surface area contributed by atoms with Gasteiger partial charge in [-0.25, -0.2) is 4.79 Å². The van der Waals surface area contributed by atoms with Crippen LogP contribution in [0, 0.1) is 0 Å². The van der Waals surface area contributed by atoms with E-state index in [1.165, 1.54) is 0 Å². The van der Waals surface area contributed by atoms with Gasteiger partial charge in [-0.2, -0.15) is 0 Å². The lowest BCUT2D eigenvalue weighted by Crippen LogP contribution is -2.08. The van der Waals surface area contributed by atoms with Crippen LogP contribution in [0.15, 0.2) is 66.7 Å². The molecule has 1 N–H and O–H groups in total. The Kier molecular flexibility index (Phi) is 3.66. The van der Waals surface area contributed by atoms with Crippen molar-refractivity contribution in [1.29, 1.82) is 0 Å². The molecule has 4 aromatic rings. The number of carbonyl (C=O) groups is 2. The van der Waals surface area contributed by atoms with Crippen LogP contribution in [0.1, 0.15) is 33.3 Å². The number of nitrogens with one attached hydrogen (secondary N) is 1. The zero-order valence-electron chi connectivity index (χ0n) is 15.3. The van der Waals surface area contributed by atoms with Crippen LogP contribution < -0.4 is 0 Å². The molecule has 1 heterocycles. The van der Waals surface area contributed by atoms with Crippen LogP contribution in [0.25, 0.3) is 33.2 Å². The number of benzene rings is 3. The molecule has 1 aromatic heterocycles. The van der Waals surface area contributed by atoms with Gasteiger partial charge in [0, 0.05) is 16.7 Å². The number of ketones is 1.